The van der Waals surface area contributed by atoms with E-state index in [2.05, 4.69) is 16.4 Å². The molecule has 6 nitrogen and oxygen atoms in total. The normalized spacial score (nSPS) is 9.70. The molecule has 0 bridgehead atoms. The molecular formula is C21H14N4O2. The molecule has 2 aromatic carbocycles. The van der Waals surface area contributed by atoms with Crippen LogP contribution in [0.5, 0.6) is 5.75 Å². The lowest BCUT2D eigenvalue weighted by Crippen LogP contribution is -2.12. The quantitative estimate of drug-likeness (QED) is 0.754. The second-order valence-electron chi connectivity index (χ2n) is 5.65. The second-order valence-corrected chi connectivity index (χ2v) is 5.65. The van der Waals surface area contributed by atoms with Crippen LogP contribution in [0.1, 0.15) is 27.0 Å². The molecule has 0 radical (unpaired) electrons. The first-order chi connectivity index (χ1) is 13.2. The van der Waals surface area contributed by atoms with Gasteiger partial charge in [-0.05, 0) is 48.0 Å². The summed E-state index contributed by atoms with van der Waals surface area (Å²) < 4.78 is 5.68. The second kappa shape index (κ2) is 8.28. The largest absolute Gasteiger partial charge is 0.487 e. The van der Waals surface area contributed by atoms with Crippen LogP contribution in [0, 0.1) is 22.7 Å². The van der Waals surface area contributed by atoms with Crippen LogP contribution in [0.2, 0.25) is 0 Å². The maximum absolute atomic E-state index is 12.4. The molecule has 1 aromatic heterocycles. The summed E-state index contributed by atoms with van der Waals surface area (Å²) in [5.74, 6) is 0.142. The monoisotopic (exact) mass is 354 g/mol. The Morgan fingerprint density at radius 1 is 0.963 bits per heavy atom. The first-order valence-corrected chi connectivity index (χ1v) is 8.06. The first kappa shape index (κ1) is 17.7. The Bertz CT molecular complexity index is 1030. The molecule has 6 heteroatoms. The van der Waals surface area contributed by atoms with Crippen LogP contribution in [-0.4, -0.2) is 10.9 Å². The zero-order valence-corrected chi connectivity index (χ0v) is 14.2. The molecular weight excluding hydrogens is 340 g/mol. The van der Waals surface area contributed by atoms with Crippen LogP contribution in [-0.2, 0) is 6.61 Å². The average Bonchev–Trinajstić information content (AvgIpc) is 2.73. The zero-order valence-electron chi connectivity index (χ0n) is 14.2. The van der Waals surface area contributed by atoms with E-state index in [1.54, 1.807) is 42.5 Å². The van der Waals surface area contributed by atoms with Crippen LogP contribution in [0.4, 0.5) is 5.69 Å². The number of carbonyl (C=O) groups is 1. The van der Waals surface area contributed by atoms with E-state index in [0.29, 0.717) is 34.7 Å². The molecule has 0 unspecified atom stereocenters. The van der Waals surface area contributed by atoms with Crippen LogP contribution in [0.15, 0.2) is 67.0 Å². The summed E-state index contributed by atoms with van der Waals surface area (Å²) in [5, 5.41) is 20.4. The van der Waals surface area contributed by atoms with Gasteiger partial charge in [0.2, 0.25) is 0 Å². The van der Waals surface area contributed by atoms with E-state index in [1.807, 2.05) is 18.2 Å². The number of hydrogen-bond acceptors (Lipinski definition) is 5. The van der Waals surface area contributed by atoms with Crippen molar-refractivity contribution >= 4 is 11.6 Å². The first-order valence-electron chi connectivity index (χ1n) is 8.06. The summed E-state index contributed by atoms with van der Waals surface area (Å²) in [4.78, 5) is 16.4. The van der Waals surface area contributed by atoms with Crippen molar-refractivity contribution in [2.45, 2.75) is 6.61 Å². The number of benzene rings is 2. The minimum absolute atomic E-state index is 0.300. The summed E-state index contributed by atoms with van der Waals surface area (Å²) >= 11 is 0. The van der Waals surface area contributed by atoms with Gasteiger partial charge in [-0.2, -0.15) is 10.5 Å². The van der Waals surface area contributed by atoms with Crippen LogP contribution in [0.3, 0.4) is 0 Å². The van der Waals surface area contributed by atoms with E-state index in [4.69, 9.17) is 15.3 Å². The number of nitrogens with zero attached hydrogens (tertiary/aromatic N) is 3. The van der Waals surface area contributed by atoms with Gasteiger partial charge in [0.1, 0.15) is 12.4 Å². The lowest BCUT2D eigenvalue weighted by Gasteiger charge is -2.08. The third kappa shape index (κ3) is 4.68. The number of anilines is 1. The topological polar surface area (TPSA) is 98.8 Å². The standard InChI is InChI=1S/C21H14N4O2/c22-10-15-1-3-17(4-2-15)14-27-20-9-18(12-24-13-20)21(26)25-19-7-5-16(11-23)6-8-19/h1-9,12-13H,14H2,(H,25,26). The highest BCUT2D eigenvalue weighted by molar-refractivity contribution is 6.04. The number of nitrogens with one attached hydrogen (secondary N) is 1. The Labute approximate surface area is 156 Å². The third-order valence-corrected chi connectivity index (χ3v) is 3.74. The minimum Gasteiger partial charge on any atom is -0.487 e. The van der Waals surface area contributed by atoms with Gasteiger partial charge >= 0.3 is 0 Å². The van der Waals surface area contributed by atoms with Crippen molar-refractivity contribution in [2.75, 3.05) is 5.32 Å². The summed E-state index contributed by atoms with van der Waals surface area (Å²) in [6.45, 7) is 0.300. The predicted octanol–water partition coefficient (Wildman–Crippen LogP) is 3.66. The number of aromatic nitrogens is 1. The molecule has 0 saturated carbocycles. The van der Waals surface area contributed by atoms with E-state index in [1.165, 1.54) is 12.4 Å². The van der Waals surface area contributed by atoms with Crippen molar-refractivity contribution in [3.63, 3.8) is 0 Å². The average molecular weight is 354 g/mol. The smallest absolute Gasteiger partial charge is 0.257 e. The molecule has 1 amide bonds. The molecule has 3 aromatic rings. The van der Waals surface area contributed by atoms with Crippen LogP contribution < -0.4 is 10.1 Å². The number of nitriles is 2. The van der Waals surface area contributed by atoms with Gasteiger partial charge in [0.25, 0.3) is 5.91 Å². The van der Waals surface area contributed by atoms with Crippen LogP contribution >= 0.6 is 0 Å². The lowest BCUT2D eigenvalue weighted by atomic mass is 10.1. The van der Waals surface area contributed by atoms with Gasteiger partial charge < -0.3 is 10.1 Å². The number of carbonyl (C=O) groups excluding carboxylic acids is 1. The highest BCUT2D eigenvalue weighted by Crippen LogP contribution is 2.16. The fraction of sp³-hybridized carbons (Fsp3) is 0.0476. The number of hydrogen-bond donors (Lipinski definition) is 1. The molecule has 0 aliphatic carbocycles. The fourth-order valence-corrected chi connectivity index (χ4v) is 2.30. The Balaban J connectivity index is 1.64. The number of pyridine rings is 1. The Hall–Kier alpha value is -4.16. The van der Waals surface area contributed by atoms with Gasteiger partial charge in [-0.25, -0.2) is 0 Å². The van der Waals surface area contributed by atoms with Crippen molar-refractivity contribution in [2.24, 2.45) is 0 Å². The Morgan fingerprint density at radius 3 is 2.22 bits per heavy atom. The number of amides is 1. The molecule has 27 heavy (non-hydrogen) atoms. The molecule has 0 saturated heterocycles. The molecule has 0 atom stereocenters. The van der Waals surface area contributed by atoms with Crippen LogP contribution in [0.25, 0.3) is 0 Å². The third-order valence-electron chi connectivity index (χ3n) is 3.74. The lowest BCUT2D eigenvalue weighted by molar-refractivity contribution is 0.102. The summed E-state index contributed by atoms with van der Waals surface area (Å²) in [5.41, 5.74) is 2.95. The molecule has 130 valence electrons. The molecule has 0 spiro atoms. The molecule has 1 heterocycles. The Morgan fingerprint density at radius 2 is 1.59 bits per heavy atom. The number of rotatable bonds is 5. The van der Waals surface area contributed by atoms with Crippen molar-refractivity contribution < 1.29 is 9.53 Å². The predicted molar refractivity (Wildman–Crippen MR) is 98.8 cm³/mol. The highest BCUT2D eigenvalue weighted by Gasteiger charge is 2.08. The summed E-state index contributed by atoms with van der Waals surface area (Å²) in [6, 6.07) is 19.3. The molecule has 0 fully saturated rings. The highest BCUT2D eigenvalue weighted by atomic mass is 16.5. The van der Waals surface area contributed by atoms with Gasteiger partial charge in [0.05, 0.1) is 35.0 Å². The maximum Gasteiger partial charge on any atom is 0.257 e. The van der Waals surface area contributed by atoms with E-state index in [0.717, 1.165) is 5.56 Å². The van der Waals surface area contributed by atoms with E-state index >= 15 is 0 Å². The van der Waals surface area contributed by atoms with Gasteiger partial charge in [-0.3, -0.25) is 9.78 Å². The van der Waals surface area contributed by atoms with Gasteiger partial charge in [-0.15, -0.1) is 0 Å². The van der Waals surface area contributed by atoms with Crippen molar-refractivity contribution in [3.05, 3.63) is 89.2 Å². The SMILES string of the molecule is N#Cc1ccc(COc2cncc(C(=O)Nc3ccc(C#N)cc3)c2)cc1. The Kier molecular flexibility index (Phi) is 5.42. The molecule has 1 N–H and O–H groups in total. The molecule has 0 aliphatic rings. The van der Waals surface area contributed by atoms with Gasteiger partial charge in [-0.1, -0.05) is 12.1 Å². The summed E-state index contributed by atoms with van der Waals surface area (Å²) in [6.07, 6.45) is 2.98. The maximum atomic E-state index is 12.4. The van der Waals surface area contributed by atoms with E-state index in [-0.39, 0.29) is 5.91 Å². The van der Waals surface area contributed by atoms with Crippen molar-refractivity contribution in [1.82, 2.24) is 4.98 Å². The minimum atomic E-state index is -0.323. The zero-order chi connectivity index (χ0) is 19.1. The number of ether oxygens (including phenoxy) is 1. The van der Waals surface area contributed by atoms with Crippen molar-refractivity contribution in [3.8, 4) is 17.9 Å². The van der Waals surface area contributed by atoms with Gasteiger partial charge in [0, 0.05) is 11.9 Å². The van der Waals surface area contributed by atoms with E-state index < -0.39 is 0 Å². The molecule has 0 aliphatic heterocycles. The van der Waals surface area contributed by atoms with Crippen molar-refractivity contribution in [1.29, 1.82) is 10.5 Å². The van der Waals surface area contributed by atoms with Gasteiger partial charge in [0.15, 0.2) is 0 Å². The van der Waals surface area contributed by atoms with E-state index in [9.17, 15) is 4.79 Å². The molecule has 3 rings (SSSR count). The fourth-order valence-electron chi connectivity index (χ4n) is 2.30. The summed E-state index contributed by atoms with van der Waals surface area (Å²) in [7, 11) is 0.